The predicted molar refractivity (Wildman–Crippen MR) is 125 cm³/mol. The molecule has 33 heavy (non-hydrogen) atoms. The van der Waals surface area contributed by atoms with E-state index in [2.05, 4.69) is 10.6 Å². The number of hydrogen-bond donors (Lipinski definition) is 3. The largest absolute Gasteiger partial charge is 0.370 e. The van der Waals surface area contributed by atoms with Crippen LogP contribution < -0.4 is 16.4 Å². The molecule has 2 rings (SSSR count). The number of rotatable bonds is 11. The summed E-state index contributed by atoms with van der Waals surface area (Å²) in [4.78, 5) is 48.8. The molecule has 1 aromatic carbocycles. The summed E-state index contributed by atoms with van der Waals surface area (Å²) in [6.07, 6.45) is 7.45. The van der Waals surface area contributed by atoms with Gasteiger partial charge >= 0.3 is 0 Å². The molecule has 180 valence electrons. The lowest BCUT2D eigenvalue weighted by molar-refractivity contribution is -0.131. The first-order valence-electron chi connectivity index (χ1n) is 10.8. The third kappa shape index (κ3) is 9.14. The molecule has 7 nitrogen and oxygen atoms in total. The molecule has 1 aromatic rings. The molecule has 0 spiro atoms. The Balaban J connectivity index is 2.13. The van der Waals surface area contributed by atoms with E-state index in [1.165, 1.54) is 18.2 Å². The van der Waals surface area contributed by atoms with E-state index in [4.69, 9.17) is 28.9 Å². The van der Waals surface area contributed by atoms with Gasteiger partial charge in [0, 0.05) is 16.7 Å². The summed E-state index contributed by atoms with van der Waals surface area (Å²) in [5, 5.41) is 5.36. The van der Waals surface area contributed by atoms with Crippen LogP contribution in [0.4, 0.5) is 4.39 Å². The Hall–Kier alpha value is -2.45. The minimum atomic E-state index is -1.17. The maximum Gasteiger partial charge on any atom is 0.244 e. The lowest BCUT2D eigenvalue weighted by atomic mass is 9.84. The number of halogens is 3. The zero-order valence-electron chi connectivity index (χ0n) is 18.1. The summed E-state index contributed by atoms with van der Waals surface area (Å²) in [7, 11) is 0. The van der Waals surface area contributed by atoms with Gasteiger partial charge in [-0.05, 0) is 30.5 Å². The Morgan fingerprint density at radius 2 is 1.82 bits per heavy atom. The van der Waals surface area contributed by atoms with Crippen molar-refractivity contribution in [3.63, 3.8) is 0 Å². The molecular formula is C23H28Cl2FN3O4. The van der Waals surface area contributed by atoms with Crippen molar-refractivity contribution in [2.75, 3.05) is 5.88 Å². The maximum absolute atomic E-state index is 13.9. The second kappa shape index (κ2) is 13.3. The zero-order valence-corrected chi connectivity index (χ0v) is 19.6. The van der Waals surface area contributed by atoms with Crippen molar-refractivity contribution in [2.24, 2.45) is 11.7 Å². The van der Waals surface area contributed by atoms with Crippen LogP contribution in [0.3, 0.4) is 0 Å². The van der Waals surface area contributed by atoms with Crippen molar-refractivity contribution in [1.29, 1.82) is 0 Å². The fourth-order valence-electron chi connectivity index (χ4n) is 3.82. The van der Waals surface area contributed by atoms with E-state index >= 15 is 0 Å². The number of benzene rings is 1. The van der Waals surface area contributed by atoms with Crippen LogP contribution in [0.1, 0.15) is 50.5 Å². The number of primary amides is 1. The first-order chi connectivity index (χ1) is 15.7. The van der Waals surface area contributed by atoms with Gasteiger partial charge in [-0.1, -0.05) is 49.8 Å². The molecule has 10 heteroatoms. The highest BCUT2D eigenvalue weighted by Crippen LogP contribution is 2.27. The molecule has 2 unspecified atom stereocenters. The quantitative estimate of drug-likeness (QED) is 0.320. The first-order valence-corrected chi connectivity index (χ1v) is 11.7. The SMILES string of the molecule is NC(=O)CC(NC(=O)C(CC1CCCCC1)NC(=O)/C=C/c1ccc(Cl)cc1F)C(=O)CCl. The molecule has 1 aliphatic rings. The van der Waals surface area contributed by atoms with E-state index in [0.29, 0.717) is 6.42 Å². The van der Waals surface area contributed by atoms with Gasteiger partial charge in [-0.25, -0.2) is 4.39 Å². The lowest BCUT2D eigenvalue weighted by Crippen LogP contribution is -2.53. The van der Waals surface area contributed by atoms with E-state index in [1.54, 1.807) is 0 Å². The molecule has 0 bridgehead atoms. The molecular weight excluding hydrogens is 472 g/mol. The van der Waals surface area contributed by atoms with Crippen LogP contribution in [-0.2, 0) is 19.2 Å². The number of carbonyl (C=O) groups excluding carboxylic acids is 4. The van der Waals surface area contributed by atoms with Gasteiger partial charge in [0.2, 0.25) is 17.7 Å². The van der Waals surface area contributed by atoms with Crippen LogP contribution in [0.2, 0.25) is 5.02 Å². The number of hydrogen-bond acceptors (Lipinski definition) is 4. The number of ketones is 1. The van der Waals surface area contributed by atoms with Crippen molar-refractivity contribution in [3.05, 3.63) is 40.7 Å². The normalized spacial score (nSPS) is 16.2. The van der Waals surface area contributed by atoms with Gasteiger partial charge in [0.25, 0.3) is 0 Å². The number of nitrogens with two attached hydrogens (primary N) is 1. The maximum atomic E-state index is 13.9. The summed E-state index contributed by atoms with van der Waals surface area (Å²) in [5.41, 5.74) is 5.34. The molecule has 1 saturated carbocycles. The van der Waals surface area contributed by atoms with Crippen molar-refractivity contribution in [3.8, 4) is 0 Å². The van der Waals surface area contributed by atoms with Crippen LogP contribution in [0.15, 0.2) is 24.3 Å². The highest BCUT2D eigenvalue weighted by molar-refractivity contribution is 6.30. The number of alkyl halides is 1. The predicted octanol–water partition coefficient (Wildman–Crippen LogP) is 3.12. The summed E-state index contributed by atoms with van der Waals surface area (Å²) >= 11 is 11.3. The van der Waals surface area contributed by atoms with E-state index in [1.807, 2.05) is 0 Å². The molecule has 0 radical (unpaired) electrons. The third-order valence-corrected chi connectivity index (χ3v) is 6.04. The number of amides is 3. The minimum absolute atomic E-state index is 0.164. The van der Waals surface area contributed by atoms with Gasteiger partial charge in [-0.3, -0.25) is 19.2 Å². The van der Waals surface area contributed by atoms with Crippen LogP contribution in [0.25, 0.3) is 6.08 Å². The van der Waals surface area contributed by atoms with Crippen molar-refractivity contribution in [2.45, 2.75) is 57.0 Å². The van der Waals surface area contributed by atoms with Crippen molar-refractivity contribution in [1.82, 2.24) is 10.6 Å². The molecule has 1 fully saturated rings. The average molecular weight is 500 g/mol. The fraction of sp³-hybridized carbons (Fsp3) is 0.478. The van der Waals surface area contributed by atoms with Crippen LogP contribution in [-0.4, -0.2) is 41.5 Å². The second-order valence-electron chi connectivity index (χ2n) is 8.13. The summed E-state index contributed by atoms with van der Waals surface area (Å²) in [6, 6.07) is 1.94. The lowest BCUT2D eigenvalue weighted by Gasteiger charge is -2.27. The molecule has 4 N–H and O–H groups in total. The highest BCUT2D eigenvalue weighted by Gasteiger charge is 2.29. The Labute approximate surface area is 202 Å². The Morgan fingerprint density at radius 3 is 2.42 bits per heavy atom. The van der Waals surface area contributed by atoms with E-state index in [9.17, 15) is 23.6 Å². The minimum Gasteiger partial charge on any atom is -0.370 e. The molecule has 0 aromatic heterocycles. The van der Waals surface area contributed by atoms with Gasteiger partial charge in [0.15, 0.2) is 5.78 Å². The van der Waals surface area contributed by atoms with E-state index in [0.717, 1.165) is 44.2 Å². The number of carbonyl (C=O) groups is 4. The van der Waals surface area contributed by atoms with E-state index in [-0.39, 0.29) is 16.5 Å². The van der Waals surface area contributed by atoms with Gasteiger partial charge in [-0.2, -0.15) is 0 Å². The molecule has 0 aliphatic heterocycles. The van der Waals surface area contributed by atoms with Gasteiger partial charge in [0.1, 0.15) is 11.9 Å². The standard InChI is InChI=1S/C23H28Cl2FN3O4/c24-13-20(30)18(12-21(27)31)29-23(33)19(10-14-4-2-1-3-5-14)28-22(32)9-7-15-6-8-16(25)11-17(15)26/h6-9,11,14,18-19H,1-5,10,12-13H2,(H2,27,31)(H,28,32)(H,29,33)/b9-7+. The highest BCUT2D eigenvalue weighted by atomic mass is 35.5. The monoisotopic (exact) mass is 499 g/mol. The smallest absolute Gasteiger partial charge is 0.244 e. The Kier molecular flexibility index (Phi) is 10.8. The van der Waals surface area contributed by atoms with Gasteiger partial charge in [0.05, 0.1) is 18.3 Å². The molecule has 0 saturated heterocycles. The summed E-state index contributed by atoms with van der Waals surface area (Å²) < 4.78 is 13.9. The molecule has 3 amide bonds. The van der Waals surface area contributed by atoms with Gasteiger partial charge in [-0.15, -0.1) is 11.6 Å². The first kappa shape index (κ1) is 26.8. The second-order valence-corrected chi connectivity index (χ2v) is 8.84. The van der Waals surface area contributed by atoms with Crippen molar-refractivity contribution >= 4 is 52.8 Å². The summed E-state index contributed by atoms with van der Waals surface area (Å²) in [5.74, 6) is -3.28. The Morgan fingerprint density at radius 1 is 1.12 bits per heavy atom. The fourth-order valence-corrected chi connectivity index (χ4v) is 4.17. The third-order valence-electron chi connectivity index (χ3n) is 5.55. The van der Waals surface area contributed by atoms with Crippen LogP contribution in [0, 0.1) is 11.7 Å². The Bertz CT molecular complexity index is 904. The number of nitrogens with one attached hydrogen (secondary N) is 2. The van der Waals surface area contributed by atoms with Crippen LogP contribution >= 0.6 is 23.2 Å². The summed E-state index contributed by atoms with van der Waals surface area (Å²) in [6.45, 7) is 0. The molecule has 2 atom stereocenters. The topological polar surface area (TPSA) is 118 Å². The molecule has 0 heterocycles. The average Bonchev–Trinajstić information content (AvgIpc) is 2.77. The van der Waals surface area contributed by atoms with E-state index < -0.39 is 53.7 Å². The van der Waals surface area contributed by atoms with Gasteiger partial charge < -0.3 is 16.4 Å². The molecule has 1 aliphatic carbocycles. The van der Waals surface area contributed by atoms with Crippen molar-refractivity contribution < 1.29 is 23.6 Å². The number of Topliss-reactive ketones (excluding diaryl/α,β-unsaturated/α-hetero) is 1. The van der Waals surface area contributed by atoms with Crippen LogP contribution in [0.5, 0.6) is 0 Å². The zero-order chi connectivity index (χ0) is 24.4.